The SMILES string of the molecule is CC1=C(CC(=O)O)c2cc(Cl)ccc2/C1=C\c1ccc(C(C)C)cc1. The highest BCUT2D eigenvalue weighted by atomic mass is 35.5. The number of benzene rings is 2. The molecule has 0 atom stereocenters. The van der Waals surface area contributed by atoms with Crippen molar-refractivity contribution in [1.82, 2.24) is 0 Å². The number of rotatable bonds is 4. The van der Waals surface area contributed by atoms with Gasteiger partial charge in [-0.3, -0.25) is 4.79 Å². The number of carboxylic acids is 1. The second-order valence-electron chi connectivity index (χ2n) is 6.74. The van der Waals surface area contributed by atoms with Gasteiger partial charge in [0.15, 0.2) is 0 Å². The second kappa shape index (κ2) is 6.89. The normalized spacial score (nSPS) is 15.2. The van der Waals surface area contributed by atoms with Crippen molar-refractivity contribution in [2.45, 2.75) is 33.1 Å². The number of hydrogen-bond acceptors (Lipinski definition) is 1. The van der Waals surface area contributed by atoms with E-state index in [4.69, 9.17) is 11.6 Å². The third kappa shape index (κ3) is 3.54. The number of halogens is 1. The van der Waals surface area contributed by atoms with Crippen LogP contribution in [0.4, 0.5) is 0 Å². The summed E-state index contributed by atoms with van der Waals surface area (Å²) in [7, 11) is 0. The van der Waals surface area contributed by atoms with E-state index < -0.39 is 5.97 Å². The van der Waals surface area contributed by atoms with E-state index in [1.54, 1.807) is 0 Å². The zero-order valence-electron chi connectivity index (χ0n) is 14.6. The van der Waals surface area contributed by atoms with Gasteiger partial charge in [-0.25, -0.2) is 0 Å². The molecule has 0 bridgehead atoms. The van der Waals surface area contributed by atoms with E-state index in [2.05, 4.69) is 44.2 Å². The van der Waals surface area contributed by atoms with Crippen molar-refractivity contribution in [3.8, 4) is 0 Å². The molecule has 0 spiro atoms. The predicted molar refractivity (Wildman–Crippen MR) is 105 cm³/mol. The molecule has 0 radical (unpaired) electrons. The Kier molecular flexibility index (Phi) is 4.82. The lowest BCUT2D eigenvalue weighted by Crippen LogP contribution is -1.96. The van der Waals surface area contributed by atoms with Gasteiger partial charge in [-0.05, 0) is 70.0 Å². The molecule has 0 heterocycles. The van der Waals surface area contributed by atoms with E-state index in [1.165, 1.54) is 5.56 Å². The van der Waals surface area contributed by atoms with Gasteiger partial charge >= 0.3 is 5.97 Å². The number of hydrogen-bond donors (Lipinski definition) is 1. The zero-order valence-corrected chi connectivity index (χ0v) is 15.4. The van der Waals surface area contributed by atoms with Gasteiger partial charge in [0.1, 0.15) is 0 Å². The van der Waals surface area contributed by atoms with Crippen LogP contribution in [0.1, 0.15) is 55.4 Å². The lowest BCUT2D eigenvalue weighted by molar-refractivity contribution is -0.135. The van der Waals surface area contributed by atoms with Gasteiger partial charge in [0, 0.05) is 5.02 Å². The molecule has 0 aliphatic heterocycles. The highest BCUT2D eigenvalue weighted by Crippen LogP contribution is 2.44. The average Bonchev–Trinajstić information content (AvgIpc) is 2.80. The molecule has 1 N–H and O–H groups in total. The predicted octanol–water partition coefficient (Wildman–Crippen LogP) is 6.27. The van der Waals surface area contributed by atoms with Crippen molar-refractivity contribution < 1.29 is 9.90 Å². The van der Waals surface area contributed by atoms with Gasteiger partial charge in [-0.2, -0.15) is 0 Å². The van der Waals surface area contributed by atoms with Gasteiger partial charge < -0.3 is 5.11 Å². The molecule has 0 saturated heterocycles. The molecule has 0 saturated carbocycles. The molecular weight excluding hydrogens is 332 g/mol. The highest BCUT2D eigenvalue weighted by Gasteiger charge is 2.25. The van der Waals surface area contributed by atoms with Crippen LogP contribution in [-0.4, -0.2) is 11.1 Å². The molecule has 2 aromatic rings. The summed E-state index contributed by atoms with van der Waals surface area (Å²) in [5, 5.41) is 9.88. The molecule has 0 unspecified atom stereocenters. The number of allylic oxidation sites excluding steroid dienone is 2. The standard InChI is InChI=1S/C22H21ClO2/c1-13(2)16-6-4-15(5-7-16)10-19-14(3)20(12-22(24)25)21-11-17(23)8-9-18(19)21/h4-11,13H,12H2,1-3H3,(H,24,25)/b19-10-. The van der Waals surface area contributed by atoms with Crippen molar-refractivity contribution in [3.05, 3.63) is 75.3 Å². The Morgan fingerprint density at radius 3 is 2.40 bits per heavy atom. The Labute approximate surface area is 153 Å². The Morgan fingerprint density at radius 2 is 1.80 bits per heavy atom. The van der Waals surface area contributed by atoms with E-state index in [9.17, 15) is 9.90 Å². The van der Waals surface area contributed by atoms with E-state index in [0.29, 0.717) is 10.9 Å². The van der Waals surface area contributed by atoms with Crippen molar-refractivity contribution in [2.75, 3.05) is 0 Å². The number of fused-ring (bicyclic) bond motifs is 1. The van der Waals surface area contributed by atoms with E-state index in [-0.39, 0.29) is 6.42 Å². The molecule has 0 amide bonds. The Balaban J connectivity index is 2.09. The molecule has 3 rings (SSSR count). The summed E-state index contributed by atoms with van der Waals surface area (Å²) in [6.45, 7) is 6.34. The van der Waals surface area contributed by atoms with E-state index >= 15 is 0 Å². The lowest BCUT2D eigenvalue weighted by atomic mass is 9.98. The molecule has 1 aliphatic rings. The van der Waals surface area contributed by atoms with Crippen molar-refractivity contribution in [2.24, 2.45) is 0 Å². The Bertz CT molecular complexity index is 887. The van der Waals surface area contributed by atoms with E-state index in [1.807, 2.05) is 25.1 Å². The monoisotopic (exact) mass is 352 g/mol. The Hall–Kier alpha value is -2.32. The van der Waals surface area contributed by atoms with Crippen molar-refractivity contribution in [3.63, 3.8) is 0 Å². The summed E-state index contributed by atoms with van der Waals surface area (Å²) in [6, 6.07) is 14.2. The second-order valence-corrected chi connectivity index (χ2v) is 7.18. The van der Waals surface area contributed by atoms with Gasteiger partial charge in [0.05, 0.1) is 6.42 Å². The summed E-state index contributed by atoms with van der Waals surface area (Å²) in [4.78, 5) is 11.3. The average molecular weight is 353 g/mol. The van der Waals surface area contributed by atoms with Gasteiger partial charge in [-0.1, -0.05) is 55.8 Å². The maximum atomic E-state index is 11.3. The molecule has 2 nitrogen and oxygen atoms in total. The van der Waals surface area contributed by atoms with Crippen LogP contribution in [0, 0.1) is 0 Å². The van der Waals surface area contributed by atoms with Crippen LogP contribution in [0.2, 0.25) is 5.02 Å². The van der Waals surface area contributed by atoms with Gasteiger partial charge in [-0.15, -0.1) is 0 Å². The fourth-order valence-corrected chi connectivity index (χ4v) is 3.45. The topological polar surface area (TPSA) is 37.3 Å². The smallest absolute Gasteiger partial charge is 0.307 e. The minimum atomic E-state index is -0.831. The van der Waals surface area contributed by atoms with Gasteiger partial charge in [0.25, 0.3) is 0 Å². The number of carbonyl (C=O) groups is 1. The summed E-state index contributed by atoms with van der Waals surface area (Å²) >= 11 is 6.14. The largest absolute Gasteiger partial charge is 0.481 e. The van der Waals surface area contributed by atoms with Crippen LogP contribution in [0.15, 0.2) is 48.0 Å². The molecule has 3 heteroatoms. The first-order chi connectivity index (χ1) is 11.9. The molecule has 128 valence electrons. The Morgan fingerprint density at radius 1 is 1.12 bits per heavy atom. The first kappa shape index (κ1) is 17.5. The van der Waals surface area contributed by atoms with Crippen LogP contribution >= 0.6 is 11.6 Å². The van der Waals surface area contributed by atoms with E-state index in [0.717, 1.165) is 33.4 Å². The number of aliphatic carboxylic acids is 1. The zero-order chi connectivity index (χ0) is 18.1. The van der Waals surface area contributed by atoms with Crippen molar-refractivity contribution >= 4 is 34.8 Å². The van der Waals surface area contributed by atoms with Crippen LogP contribution in [0.25, 0.3) is 17.2 Å². The summed E-state index contributed by atoms with van der Waals surface area (Å²) in [6.07, 6.45) is 2.13. The molecule has 1 aliphatic carbocycles. The van der Waals surface area contributed by atoms with Crippen LogP contribution < -0.4 is 0 Å². The third-order valence-corrected chi connectivity index (χ3v) is 4.93. The number of carboxylic acid groups (broad SMARTS) is 1. The quantitative estimate of drug-likeness (QED) is 0.704. The maximum Gasteiger partial charge on any atom is 0.307 e. The molecule has 0 aromatic heterocycles. The summed E-state index contributed by atoms with van der Waals surface area (Å²) < 4.78 is 0. The summed E-state index contributed by atoms with van der Waals surface area (Å²) in [5.41, 5.74) is 7.31. The fraction of sp³-hybridized carbons (Fsp3) is 0.227. The van der Waals surface area contributed by atoms with Crippen molar-refractivity contribution in [1.29, 1.82) is 0 Å². The lowest BCUT2D eigenvalue weighted by Gasteiger charge is -2.07. The third-order valence-electron chi connectivity index (χ3n) is 4.70. The minimum absolute atomic E-state index is 0.00278. The highest BCUT2D eigenvalue weighted by molar-refractivity contribution is 6.31. The molecular formula is C22H21ClO2. The summed E-state index contributed by atoms with van der Waals surface area (Å²) in [5.74, 6) is -0.331. The molecule has 0 fully saturated rings. The first-order valence-corrected chi connectivity index (χ1v) is 8.78. The fourth-order valence-electron chi connectivity index (χ4n) is 3.28. The minimum Gasteiger partial charge on any atom is -0.481 e. The van der Waals surface area contributed by atoms with Crippen LogP contribution in [-0.2, 0) is 4.79 Å². The van der Waals surface area contributed by atoms with Crippen LogP contribution in [0.5, 0.6) is 0 Å². The van der Waals surface area contributed by atoms with Crippen LogP contribution in [0.3, 0.4) is 0 Å². The molecule has 25 heavy (non-hydrogen) atoms. The van der Waals surface area contributed by atoms with Gasteiger partial charge in [0.2, 0.25) is 0 Å². The molecule has 2 aromatic carbocycles. The maximum absolute atomic E-state index is 11.3. The first-order valence-electron chi connectivity index (χ1n) is 8.40.